The lowest BCUT2D eigenvalue weighted by Gasteiger charge is -2.32. The molecule has 1 fully saturated rings. The molecule has 0 aliphatic carbocycles. The van der Waals surface area contributed by atoms with Crippen molar-refractivity contribution in [3.8, 4) is 0 Å². The van der Waals surface area contributed by atoms with E-state index in [2.05, 4.69) is 15.5 Å². The summed E-state index contributed by atoms with van der Waals surface area (Å²) in [7, 11) is 0. The lowest BCUT2D eigenvalue weighted by Crippen LogP contribution is -2.38. The molecule has 1 saturated heterocycles. The minimum absolute atomic E-state index is 0.0117. The van der Waals surface area contributed by atoms with Gasteiger partial charge in [-0.3, -0.25) is 4.79 Å². The van der Waals surface area contributed by atoms with Gasteiger partial charge in [0.1, 0.15) is 6.04 Å². The molecule has 1 amide bonds. The van der Waals surface area contributed by atoms with E-state index in [4.69, 9.17) is 0 Å². The van der Waals surface area contributed by atoms with Crippen LogP contribution in [0.2, 0.25) is 0 Å². The summed E-state index contributed by atoms with van der Waals surface area (Å²) in [6.07, 6.45) is 1.63. The number of carbonyl (C=O) groups is 1. The fourth-order valence-corrected chi connectivity index (χ4v) is 3.04. The average molecular weight is 275 g/mol. The Bertz CT molecular complexity index is 518. The van der Waals surface area contributed by atoms with E-state index in [1.165, 1.54) is 0 Å². The number of amides is 1. The van der Waals surface area contributed by atoms with Crippen molar-refractivity contribution in [2.24, 2.45) is 0 Å². The molecule has 0 saturated carbocycles. The number of aliphatic hydroxyl groups is 1. The van der Waals surface area contributed by atoms with E-state index in [1.54, 1.807) is 0 Å². The molecule has 108 valence electrons. The van der Waals surface area contributed by atoms with Crippen LogP contribution in [0.15, 0.2) is 18.2 Å². The maximum atomic E-state index is 11.9. The minimum Gasteiger partial charge on any atom is -0.391 e. The standard InChI is InChI=1S/C15H21N3O2/c1-2-16-14-12-6-5-10(8-13(12)17-15(14)20)18-7-3-4-11(19)9-18/h5-6,8,11,14,16,19H,2-4,7,9H2,1H3,(H,17,20). The molecule has 0 bridgehead atoms. The van der Waals surface area contributed by atoms with Crippen LogP contribution in [0.5, 0.6) is 0 Å². The van der Waals surface area contributed by atoms with Gasteiger partial charge < -0.3 is 20.6 Å². The molecule has 20 heavy (non-hydrogen) atoms. The fourth-order valence-electron chi connectivity index (χ4n) is 3.04. The van der Waals surface area contributed by atoms with Crippen LogP contribution in [0.1, 0.15) is 31.4 Å². The summed E-state index contributed by atoms with van der Waals surface area (Å²) in [5.41, 5.74) is 2.97. The van der Waals surface area contributed by atoms with Crippen LogP contribution in [0.4, 0.5) is 11.4 Å². The Morgan fingerprint density at radius 2 is 2.35 bits per heavy atom. The van der Waals surface area contributed by atoms with Gasteiger partial charge in [-0.05, 0) is 31.5 Å². The summed E-state index contributed by atoms with van der Waals surface area (Å²) < 4.78 is 0. The van der Waals surface area contributed by atoms with Gasteiger partial charge >= 0.3 is 0 Å². The number of piperidine rings is 1. The summed E-state index contributed by atoms with van der Waals surface area (Å²) in [6, 6.07) is 5.83. The summed E-state index contributed by atoms with van der Waals surface area (Å²) in [5.74, 6) is 0.0117. The number of benzene rings is 1. The molecule has 5 nitrogen and oxygen atoms in total. The van der Waals surface area contributed by atoms with Crippen LogP contribution >= 0.6 is 0 Å². The van der Waals surface area contributed by atoms with Gasteiger partial charge in [-0.25, -0.2) is 0 Å². The van der Waals surface area contributed by atoms with Crippen molar-refractivity contribution in [2.75, 3.05) is 29.9 Å². The molecule has 2 unspecified atom stereocenters. The summed E-state index contributed by atoms with van der Waals surface area (Å²) in [6.45, 7) is 4.39. The predicted octanol–water partition coefficient (Wildman–Crippen LogP) is 1.25. The van der Waals surface area contributed by atoms with Crippen molar-refractivity contribution in [2.45, 2.75) is 31.9 Å². The van der Waals surface area contributed by atoms with Crippen molar-refractivity contribution >= 4 is 17.3 Å². The molecular formula is C15H21N3O2. The van der Waals surface area contributed by atoms with Crippen molar-refractivity contribution in [1.29, 1.82) is 0 Å². The summed E-state index contributed by atoms with van der Waals surface area (Å²) >= 11 is 0. The first kappa shape index (κ1) is 13.4. The normalized spacial score (nSPS) is 25.5. The molecule has 5 heteroatoms. The van der Waals surface area contributed by atoms with Crippen LogP contribution in [0.3, 0.4) is 0 Å². The Balaban J connectivity index is 1.84. The number of β-amino-alcohol motifs (C(OH)–C–C–N with tert-alkyl or cyclic N) is 1. The Hall–Kier alpha value is -1.59. The third-order valence-corrected chi connectivity index (χ3v) is 4.04. The van der Waals surface area contributed by atoms with Gasteiger partial charge in [0, 0.05) is 30.0 Å². The maximum absolute atomic E-state index is 11.9. The highest BCUT2D eigenvalue weighted by atomic mass is 16.3. The number of nitrogens with zero attached hydrogens (tertiary/aromatic N) is 1. The Kier molecular flexibility index (Phi) is 3.63. The summed E-state index contributed by atoms with van der Waals surface area (Å²) in [5, 5.41) is 15.9. The molecular weight excluding hydrogens is 254 g/mol. The fraction of sp³-hybridized carbons (Fsp3) is 0.533. The molecule has 0 radical (unpaired) electrons. The maximum Gasteiger partial charge on any atom is 0.246 e. The number of rotatable bonds is 3. The Labute approximate surface area is 119 Å². The van der Waals surface area contributed by atoms with Crippen LogP contribution in [-0.2, 0) is 4.79 Å². The van der Waals surface area contributed by atoms with Crippen molar-refractivity contribution in [1.82, 2.24) is 5.32 Å². The molecule has 0 spiro atoms. The first-order valence-corrected chi connectivity index (χ1v) is 7.30. The molecule has 1 aromatic rings. The number of anilines is 2. The van der Waals surface area contributed by atoms with E-state index in [9.17, 15) is 9.90 Å². The Morgan fingerprint density at radius 1 is 1.50 bits per heavy atom. The van der Waals surface area contributed by atoms with E-state index in [0.29, 0.717) is 6.54 Å². The van der Waals surface area contributed by atoms with Gasteiger partial charge in [0.15, 0.2) is 0 Å². The van der Waals surface area contributed by atoms with Gasteiger partial charge in [0.25, 0.3) is 0 Å². The Morgan fingerprint density at radius 3 is 3.10 bits per heavy atom. The molecule has 2 heterocycles. The van der Waals surface area contributed by atoms with Crippen molar-refractivity contribution in [3.63, 3.8) is 0 Å². The highest BCUT2D eigenvalue weighted by Crippen LogP contribution is 2.34. The molecule has 3 N–H and O–H groups in total. The molecule has 3 rings (SSSR count). The number of hydrogen-bond acceptors (Lipinski definition) is 4. The number of hydrogen-bond donors (Lipinski definition) is 3. The minimum atomic E-state index is -0.249. The van der Waals surface area contributed by atoms with Gasteiger partial charge in [-0.15, -0.1) is 0 Å². The zero-order valence-electron chi connectivity index (χ0n) is 11.7. The molecule has 2 aliphatic heterocycles. The van der Waals surface area contributed by atoms with Gasteiger partial charge in [0.05, 0.1) is 6.10 Å². The van der Waals surface area contributed by atoms with Crippen molar-refractivity contribution < 1.29 is 9.90 Å². The van der Waals surface area contributed by atoms with Crippen LogP contribution in [-0.4, -0.2) is 36.8 Å². The smallest absolute Gasteiger partial charge is 0.246 e. The van der Waals surface area contributed by atoms with E-state index in [1.807, 2.05) is 25.1 Å². The van der Waals surface area contributed by atoms with Gasteiger partial charge in [0.2, 0.25) is 5.91 Å². The van der Waals surface area contributed by atoms with Crippen LogP contribution in [0.25, 0.3) is 0 Å². The largest absolute Gasteiger partial charge is 0.391 e. The highest BCUT2D eigenvalue weighted by molar-refractivity contribution is 6.03. The van der Waals surface area contributed by atoms with Crippen molar-refractivity contribution in [3.05, 3.63) is 23.8 Å². The predicted molar refractivity (Wildman–Crippen MR) is 78.9 cm³/mol. The second kappa shape index (κ2) is 5.42. The lowest BCUT2D eigenvalue weighted by molar-refractivity contribution is -0.117. The quantitative estimate of drug-likeness (QED) is 0.777. The number of fused-ring (bicyclic) bond motifs is 1. The van der Waals surface area contributed by atoms with E-state index in [0.717, 1.165) is 42.9 Å². The third-order valence-electron chi connectivity index (χ3n) is 4.04. The average Bonchev–Trinajstić information content (AvgIpc) is 2.75. The van der Waals surface area contributed by atoms with E-state index >= 15 is 0 Å². The van der Waals surface area contributed by atoms with E-state index in [-0.39, 0.29) is 18.1 Å². The first-order chi connectivity index (χ1) is 9.69. The SMILES string of the molecule is CCNC1C(=O)Nc2cc(N3CCCC(O)C3)ccc21. The number of carbonyl (C=O) groups excluding carboxylic acids is 1. The summed E-state index contributed by atoms with van der Waals surface area (Å²) in [4.78, 5) is 14.1. The number of aliphatic hydroxyl groups excluding tert-OH is 1. The second-order valence-corrected chi connectivity index (χ2v) is 5.49. The second-order valence-electron chi connectivity index (χ2n) is 5.49. The third kappa shape index (κ3) is 2.39. The zero-order chi connectivity index (χ0) is 14.1. The van der Waals surface area contributed by atoms with Crippen LogP contribution < -0.4 is 15.5 Å². The molecule has 2 aliphatic rings. The molecule has 2 atom stereocenters. The topological polar surface area (TPSA) is 64.6 Å². The first-order valence-electron chi connectivity index (χ1n) is 7.30. The van der Waals surface area contributed by atoms with Gasteiger partial charge in [-0.2, -0.15) is 0 Å². The molecule has 0 aromatic heterocycles. The lowest BCUT2D eigenvalue weighted by atomic mass is 10.0. The number of nitrogens with one attached hydrogen (secondary N) is 2. The van der Waals surface area contributed by atoms with Gasteiger partial charge in [-0.1, -0.05) is 13.0 Å². The molecule has 1 aromatic carbocycles. The van der Waals surface area contributed by atoms with Crippen LogP contribution in [0, 0.1) is 0 Å². The zero-order valence-corrected chi connectivity index (χ0v) is 11.7. The highest BCUT2D eigenvalue weighted by Gasteiger charge is 2.30. The van der Waals surface area contributed by atoms with E-state index < -0.39 is 0 Å². The monoisotopic (exact) mass is 275 g/mol. The number of likely N-dealkylation sites (N-methyl/N-ethyl adjacent to an activating group) is 1.